The lowest BCUT2D eigenvalue weighted by molar-refractivity contribution is -0.112. The molecule has 0 heterocycles. The second-order valence-corrected chi connectivity index (χ2v) is 9.00. The van der Waals surface area contributed by atoms with E-state index in [0.29, 0.717) is 28.1 Å². The van der Waals surface area contributed by atoms with Gasteiger partial charge in [0.05, 0.1) is 4.47 Å². The fourth-order valence-corrected chi connectivity index (χ4v) is 4.77. The van der Waals surface area contributed by atoms with Gasteiger partial charge in [0.25, 0.3) is 5.91 Å². The van der Waals surface area contributed by atoms with Crippen LogP contribution >= 0.6 is 31.9 Å². The van der Waals surface area contributed by atoms with Gasteiger partial charge in [0.1, 0.15) is 24.0 Å². The molecule has 4 rings (SSSR count). The monoisotopic (exact) mass is 560 g/mol. The quantitative estimate of drug-likeness (QED) is 0.196. The van der Waals surface area contributed by atoms with E-state index in [2.05, 4.69) is 37.2 Å². The van der Waals surface area contributed by atoms with Crippen molar-refractivity contribution in [3.05, 3.63) is 111 Å². The van der Waals surface area contributed by atoms with Crippen molar-refractivity contribution < 1.29 is 9.53 Å². The van der Waals surface area contributed by atoms with Gasteiger partial charge >= 0.3 is 0 Å². The molecule has 1 amide bonds. The summed E-state index contributed by atoms with van der Waals surface area (Å²) in [6, 6.07) is 28.9. The molecule has 6 heteroatoms. The lowest BCUT2D eigenvalue weighted by Crippen LogP contribution is -2.13. The predicted molar refractivity (Wildman–Crippen MR) is 139 cm³/mol. The van der Waals surface area contributed by atoms with Crippen LogP contribution in [0.4, 0.5) is 5.69 Å². The third-order valence-electron chi connectivity index (χ3n) is 4.97. The van der Waals surface area contributed by atoms with E-state index in [1.54, 1.807) is 0 Å². The van der Waals surface area contributed by atoms with Gasteiger partial charge in [0.2, 0.25) is 0 Å². The van der Waals surface area contributed by atoms with Crippen molar-refractivity contribution in [2.75, 3.05) is 5.32 Å². The maximum Gasteiger partial charge on any atom is 0.266 e. The van der Waals surface area contributed by atoms with Crippen molar-refractivity contribution in [3.63, 3.8) is 0 Å². The summed E-state index contributed by atoms with van der Waals surface area (Å²) in [4.78, 5) is 13.0. The number of benzene rings is 4. The van der Waals surface area contributed by atoms with Crippen LogP contribution in [0.3, 0.4) is 0 Å². The molecule has 4 aromatic carbocycles. The standard InChI is InChI=1S/C27H18Br2N2O2/c28-22-14-20(26(24(29)15-22)33-17-18-7-2-1-3-8-18)13-21(16-30)27(32)31-25-12-6-10-19-9-4-5-11-23(19)25/h1-15H,17H2,(H,31,32)/b21-13+. The Morgan fingerprint density at radius 3 is 2.48 bits per heavy atom. The first-order valence-electron chi connectivity index (χ1n) is 10.1. The number of carbonyl (C=O) groups excluding carboxylic acids is 1. The molecule has 162 valence electrons. The van der Waals surface area contributed by atoms with E-state index in [1.807, 2.05) is 91.0 Å². The average Bonchev–Trinajstić information content (AvgIpc) is 2.82. The molecule has 0 spiro atoms. The lowest BCUT2D eigenvalue weighted by atomic mass is 10.1. The lowest BCUT2D eigenvalue weighted by Gasteiger charge is -2.13. The van der Waals surface area contributed by atoms with Crippen LogP contribution in [0, 0.1) is 11.3 Å². The zero-order valence-electron chi connectivity index (χ0n) is 17.4. The normalized spacial score (nSPS) is 11.1. The highest BCUT2D eigenvalue weighted by Crippen LogP contribution is 2.35. The first kappa shape index (κ1) is 22.8. The molecule has 0 aliphatic rings. The molecule has 4 aromatic rings. The molecule has 0 saturated heterocycles. The highest BCUT2D eigenvalue weighted by Gasteiger charge is 2.15. The van der Waals surface area contributed by atoms with Crippen molar-refractivity contribution in [3.8, 4) is 11.8 Å². The Balaban J connectivity index is 1.64. The van der Waals surface area contributed by atoms with Crippen LogP contribution in [0.5, 0.6) is 5.75 Å². The molecule has 0 aliphatic carbocycles. The van der Waals surface area contributed by atoms with Crippen LogP contribution in [0.1, 0.15) is 11.1 Å². The van der Waals surface area contributed by atoms with E-state index in [4.69, 9.17) is 4.74 Å². The summed E-state index contributed by atoms with van der Waals surface area (Å²) in [5, 5.41) is 14.5. The number of carbonyl (C=O) groups is 1. The van der Waals surface area contributed by atoms with Crippen LogP contribution < -0.4 is 10.1 Å². The number of hydrogen-bond acceptors (Lipinski definition) is 3. The van der Waals surface area contributed by atoms with E-state index >= 15 is 0 Å². The van der Waals surface area contributed by atoms with Gasteiger partial charge in [-0.3, -0.25) is 4.79 Å². The summed E-state index contributed by atoms with van der Waals surface area (Å²) >= 11 is 7.01. The Bertz CT molecular complexity index is 1390. The highest BCUT2D eigenvalue weighted by molar-refractivity contribution is 9.11. The van der Waals surface area contributed by atoms with Crippen molar-refractivity contribution >= 4 is 60.3 Å². The minimum absolute atomic E-state index is 0.0301. The number of anilines is 1. The van der Waals surface area contributed by atoms with E-state index in [9.17, 15) is 10.1 Å². The number of halogens is 2. The molecule has 33 heavy (non-hydrogen) atoms. The summed E-state index contributed by atoms with van der Waals surface area (Å²) in [6.07, 6.45) is 1.54. The van der Waals surface area contributed by atoms with Gasteiger partial charge in [-0.25, -0.2) is 0 Å². The molecule has 4 nitrogen and oxygen atoms in total. The Morgan fingerprint density at radius 2 is 1.70 bits per heavy atom. The summed E-state index contributed by atoms with van der Waals surface area (Å²) < 4.78 is 7.56. The third kappa shape index (κ3) is 5.51. The fourth-order valence-electron chi connectivity index (χ4n) is 3.40. The summed E-state index contributed by atoms with van der Waals surface area (Å²) in [5.74, 6) is 0.0618. The topological polar surface area (TPSA) is 62.1 Å². The van der Waals surface area contributed by atoms with Crippen molar-refractivity contribution in [2.45, 2.75) is 6.61 Å². The number of hydrogen-bond donors (Lipinski definition) is 1. The third-order valence-corrected chi connectivity index (χ3v) is 6.01. The van der Waals surface area contributed by atoms with Crippen LogP contribution in [-0.4, -0.2) is 5.91 Å². The number of nitrogens with zero attached hydrogens (tertiary/aromatic N) is 1. The van der Waals surface area contributed by atoms with Crippen LogP contribution in [0.15, 0.2) is 99.4 Å². The molecule has 0 aromatic heterocycles. The Hall–Kier alpha value is -3.40. The van der Waals surface area contributed by atoms with E-state index in [1.165, 1.54) is 6.08 Å². The SMILES string of the molecule is N#C/C(=C\c1cc(Br)cc(Br)c1OCc1ccccc1)C(=O)Nc1cccc2ccccc12. The van der Waals surface area contributed by atoms with Crippen molar-refractivity contribution in [2.24, 2.45) is 0 Å². The number of nitriles is 1. The van der Waals surface area contributed by atoms with Gasteiger partial charge in [-0.15, -0.1) is 0 Å². The summed E-state index contributed by atoms with van der Waals surface area (Å²) in [5.41, 5.74) is 2.24. The number of fused-ring (bicyclic) bond motifs is 1. The molecule has 0 unspecified atom stereocenters. The van der Waals surface area contributed by atoms with Crippen molar-refractivity contribution in [1.82, 2.24) is 0 Å². The van der Waals surface area contributed by atoms with E-state index in [0.717, 1.165) is 20.8 Å². The zero-order valence-corrected chi connectivity index (χ0v) is 20.6. The van der Waals surface area contributed by atoms with Gasteiger partial charge in [0.15, 0.2) is 0 Å². The fraction of sp³-hybridized carbons (Fsp3) is 0.0370. The minimum atomic E-state index is -0.487. The van der Waals surface area contributed by atoms with Gasteiger partial charge in [0, 0.05) is 21.1 Å². The van der Waals surface area contributed by atoms with Crippen LogP contribution in [0.25, 0.3) is 16.8 Å². The number of amides is 1. The smallest absolute Gasteiger partial charge is 0.266 e. The number of rotatable bonds is 6. The molecular weight excluding hydrogens is 544 g/mol. The minimum Gasteiger partial charge on any atom is -0.487 e. The predicted octanol–water partition coefficient (Wildman–Crippen LogP) is 7.49. The average molecular weight is 562 g/mol. The molecule has 0 atom stereocenters. The van der Waals surface area contributed by atoms with Crippen LogP contribution in [-0.2, 0) is 11.4 Å². The summed E-state index contributed by atoms with van der Waals surface area (Å²) in [7, 11) is 0. The maximum atomic E-state index is 13.0. The van der Waals surface area contributed by atoms with Gasteiger partial charge in [-0.1, -0.05) is 82.7 Å². The second kappa shape index (κ2) is 10.5. The van der Waals surface area contributed by atoms with Crippen molar-refractivity contribution in [1.29, 1.82) is 5.26 Å². The largest absolute Gasteiger partial charge is 0.487 e. The first-order valence-corrected chi connectivity index (χ1v) is 11.7. The highest BCUT2D eigenvalue weighted by atomic mass is 79.9. The maximum absolute atomic E-state index is 13.0. The van der Waals surface area contributed by atoms with E-state index < -0.39 is 5.91 Å². The molecule has 1 N–H and O–H groups in total. The van der Waals surface area contributed by atoms with Gasteiger partial charge in [-0.05, 0) is 51.2 Å². The zero-order chi connectivity index (χ0) is 23.2. The second-order valence-electron chi connectivity index (χ2n) is 7.23. The molecule has 0 saturated carbocycles. The van der Waals surface area contributed by atoms with Gasteiger partial charge < -0.3 is 10.1 Å². The summed E-state index contributed by atoms with van der Waals surface area (Å²) in [6.45, 7) is 0.353. The van der Waals surface area contributed by atoms with E-state index in [-0.39, 0.29) is 5.57 Å². The molecular formula is C27H18Br2N2O2. The Labute approximate surface area is 208 Å². The van der Waals surface area contributed by atoms with Crippen LogP contribution in [0.2, 0.25) is 0 Å². The first-order chi connectivity index (χ1) is 16.0. The number of nitrogens with one attached hydrogen (secondary N) is 1. The molecule has 0 aliphatic heterocycles. The molecule has 0 radical (unpaired) electrons. The number of ether oxygens (including phenoxy) is 1. The Kier molecular flexibility index (Phi) is 7.23. The van der Waals surface area contributed by atoms with Gasteiger partial charge in [-0.2, -0.15) is 5.26 Å². The molecule has 0 fully saturated rings. The molecule has 0 bridgehead atoms. The Morgan fingerprint density at radius 1 is 0.970 bits per heavy atom.